The molecule has 1 saturated heterocycles. The molecule has 0 spiro atoms. The number of hydrogen-bond acceptors (Lipinski definition) is 3. The minimum atomic E-state index is -0.266. The number of aryl methyl sites for hydroxylation is 2. The van der Waals surface area contributed by atoms with Crippen molar-refractivity contribution in [3.63, 3.8) is 0 Å². The summed E-state index contributed by atoms with van der Waals surface area (Å²) in [7, 11) is 1.80. The molecule has 3 N–H and O–H groups in total. The molecule has 8 heteroatoms. The van der Waals surface area contributed by atoms with Gasteiger partial charge in [0.2, 0.25) is 5.96 Å². The van der Waals surface area contributed by atoms with Crippen LogP contribution in [-0.4, -0.2) is 54.9 Å². The summed E-state index contributed by atoms with van der Waals surface area (Å²) >= 11 is 5.33. The first-order valence-corrected chi connectivity index (χ1v) is 12.1. The van der Waals surface area contributed by atoms with E-state index in [2.05, 4.69) is 50.7 Å². The van der Waals surface area contributed by atoms with E-state index in [1.54, 1.807) is 7.05 Å². The van der Waals surface area contributed by atoms with Gasteiger partial charge in [0.1, 0.15) is 0 Å². The molecule has 2 amide bonds. The quantitative estimate of drug-likeness (QED) is 0.319. The Labute approximate surface area is 198 Å². The third-order valence-electron chi connectivity index (χ3n) is 5.77. The van der Waals surface area contributed by atoms with Crippen LogP contribution in [0.3, 0.4) is 0 Å². The Morgan fingerprint density at radius 1 is 1.28 bits per heavy atom. The SMILES string of the molecule is CCC/C=N\C(=NC)N1CCC(CCNC(=O)NC(=S)Nc2c(C)cccc2CC)CC1. The molecule has 7 nitrogen and oxygen atoms in total. The van der Waals surface area contributed by atoms with Crippen molar-refractivity contribution in [3.8, 4) is 0 Å². The summed E-state index contributed by atoms with van der Waals surface area (Å²) in [5.74, 6) is 1.42. The number of aliphatic imine (C=N–C) groups is 2. The molecule has 0 radical (unpaired) electrons. The summed E-state index contributed by atoms with van der Waals surface area (Å²) in [6, 6.07) is 5.86. The number of likely N-dealkylation sites (tertiary alicyclic amines) is 1. The number of nitrogens with zero attached hydrogens (tertiary/aromatic N) is 3. The maximum absolute atomic E-state index is 12.2. The highest BCUT2D eigenvalue weighted by atomic mass is 32.1. The van der Waals surface area contributed by atoms with Crippen molar-refractivity contribution in [3.05, 3.63) is 29.3 Å². The zero-order valence-electron chi connectivity index (χ0n) is 19.9. The molecule has 0 unspecified atom stereocenters. The minimum absolute atomic E-state index is 0.266. The first-order chi connectivity index (χ1) is 15.5. The predicted molar refractivity (Wildman–Crippen MR) is 139 cm³/mol. The van der Waals surface area contributed by atoms with Crippen LogP contribution in [-0.2, 0) is 6.42 Å². The second kappa shape index (κ2) is 13.8. The Balaban J connectivity index is 1.69. The molecule has 0 bridgehead atoms. The number of rotatable bonds is 7. The van der Waals surface area contributed by atoms with E-state index in [1.807, 2.05) is 25.3 Å². The van der Waals surface area contributed by atoms with Crippen LogP contribution in [0.4, 0.5) is 10.5 Å². The molecule has 1 aromatic carbocycles. The highest BCUT2D eigenvalue weighted by Crippen LogP contribution is 2.21. The van der Waals surface area contributed by atoms with E-state index in [9.17, 15) is 4.79 Å². The molecule has 32 heavy (non-hydrogen) atoms. The standard InChI is InChI=1S/C24H38N6OS/c1-5-7-14-26-22(25-4)30-16-12-19(13-17-30)11-15-27-23(31)29-24(32)28-21-18(3)9-8-10-20(21)6-2/h8-10,14,19H,5-7,11-13,15-17H2,1-4H3,(H3,27,28,29,31,32)/b25-22?,26-14-. The van der Waals surface area contributed by atoms with Crippen LogP contribution < -0.4 is 16.0 Å². The number of carbonyl (C=O) groups is 1. The molecule has 0 saturated carbocycles. The van der Waals surface area contributed by atoms with E-state index in [0.29, 0.717) is 17.6 Å². The van der Waals surface area contributed by atoms with E-state index in [0.717, 1.165) is 68.8 Å². The van der Waals surface area contributed by atoms with Crippen molar-refractivity contribution >= 4 is 41.2 Å². The van der Waals surface area contributed by atoms with Gasteiger partial charge in [-0.05, 0) is 68.3 Å². The molecule has 1 aromatic rings. The number of amides is 2. The van der Waals surface area contributed by atoms with Crippen LogP contribution in [0.1, 0.15) is 57.1 Å². The smallest absolute Gasteiger partial charge is 0.321 e. The Bertz CT molecular complexity index is 815. The fourth-order valence-electron chi connectivity index (χ4n) is 3.86. The molecule has 0 aliphatic carbocycles. The zero-order chi connectivity index (χ0) is 23.3. The summed E-state index contributed by atoms with van der Waals surface area (Å²) < 4.78 is 0. The summed E-state index contributed by atoms with van der Waals surface area (Å²) in [5, 5.41) is 9.15. The molecule has 0 atom stereocenters. The van der Waals surface area contributed by atoms with Crippen molar-refractivity contribution in [1.82, 2.24) is 15.5 Å². The molecule has 1 aliphatic heterocycles. The number of urea groups is 1. The molecular formula is C24H38N6OS. The topological polar surface area (TPSA) is 81.1 Å². The van der Waals surface area contributed by atoms with Gasteiger partial charge in [0.15, 0.2) is 5.11 Å². The van der Waals surface area contributed by atoms with Crippen LogP contribution >= 0.6 is 12.2 Å². The van der Waals surface area contributed by atoms with E-state index in [4.69, 9.17) is 12.2 Å². The Hall–Kier alpha value is -2.48. The van der Waals surface area contributed by atoms with Crippen LogP contribution in [0, 0.1) is 12.8 Å². The van der Waals surface area contributed by atoms with Crippen LogP contribution in [0.25, 0.3) is 0 Å². The fourth-order valence-corrected chi connectivity index (χ4v) is 4.06. The number of piperidine rings is 1. The predicted octanol–water partition coefficient (Wildman–Crippen LogP) is 4.51. The Morgan fingerprint density at radius 3 is 2.69 bits per heavy atom. The lowest BCUT2D eigenvalue weighted by Crippen LogP contribution is -2.43. The number of para-hydroxylation sites is 1. The second-order valence-electron chi connectivity index (χ2n) is 8.14. The summed E-state index contributed by atoms with van der Waals surface area (Å²) in [6.45, 7) is 8.82. The molecular weight excluding hydrogens is 420 g/mol. The Kier molecular flexibility index (Phi) is 11.1. The first-order valence-electron chi connectivity index (χ1n) is 11.7. The average molecular weight is 459 g/mol. The number of guanidine groups is 1. The van der Waals surface area contributed by atoms with Gasteiger partial charge in [-0.15, -0.1) is 0 Å². The third kappa shape index (κ3) is 8.22. The minimum Gasteiger partial charge on any atom is -0.341 e. The van der Waals surface area contributed by atoms with Gasteiger partial charge < -0.3 is 15.5 Å². The molecule has 1 aliphatic rings. The van der Waals surface area contributed by atoms with Crippen molar-refractivity contribution in [2.45, 2.75) is 59.3 Å². The van der Waals surface area contributed by atoms with Crippen LogP contribution in [0.15, 0.2) is 28.2 Å². The molecule has 1 fully saturated rings. The first kappa shape index (κ1) is 25.8. The van der Waals surface area contributed by atoms with Gasteiger partial charge in [-0.1, -0.05) is 38.5 Å². The van der Waals surface area contributed by atoms with Gasteiger partial charge in [-0.3, -0.25) is 10.3 Å². The highest BCUT2D eigenvalue weighted by molar-refractivity contribution is 7.80. The van der Waals surface area contributed by atoms with Crippen LogP contribution in [0.2, 0.25) is 0 Å². The number of nitrogens with one attached hydrogen (secondary N) is 3. The lowest BCUT2D eigenvalue weighted by Gasteiger charge is -2.32. The maximum atomic E-state index is 12.2. The largest absolute Gasteiger partial charge is 0.341 e. The Morgan fingerprint density at radius 2 is 2.03 bits per heavy atom. The monoisotopic (exact) mass is 458 g/mol. The third-order valence-corrected chi connectivity index (χ3v) is 5.97. The lowest BCUT2D eigenvalue weighted by atomic mass is 9.94. The number of benzene rings is 1. The van der Waals surface area contributed by atoms with Crippen molar-refractivity contribution in [1.29, 1.82) is 0 Å². The fraction of sp³-hybridized carbons (Fsp3) is 0.583. The van der Waals surface area contributed by atoms with Crippen molar-refractivity contribution in [2.24, 2.45) is 15.9 Å². The van der Waals surface area contributed by atoms with Crippen molar-refractivity contribution < 1.29 is 4.79 Å². The molecule has 2 rings (SSSR count). The summed E-state index contributed by atoms with van der Waals surface area (Å²) in [4.78, 5) is 23.3. The van der Waals surface area contributed by atoms with E-state index < -0.39 is 0 Å². The zero-order valence-corrected chi connectivity index (χ0v) is 20.7. The van der Waals surface area contributed by atoms with Gasteiger partial charge in [0.05, 0.1) is 0 Å². The number of carbonyl (C=O) groups excluding carboxylic acids is 1. The lowest BCUT2D eigenvalue weighted by molar-refractivity contribution is 0.237. The molecule has 1 heterocycles. The maximum Gasteiger partial charge on any atom is 0.321 e. The molecule has 0 aromatic heterocycles. The van der Waals surface area contributed by atoms with Gasteiger partial charge in [-0.2, -0.15) is 0 Å². The van der Waals surface area contributed by atoms with E-state index in [-0.39, 0.29) is 6.03 Å². The van der Waals surface area contributed by atoms with Gasteiger partial charge >= 0.3 is 6.03 Å². The second-order valence-corrected chi connectivity index (χ2v) is 8.55. The van der Waals surface area contributed by atoms with E-state index in [1.165, 1.54) is 5.56 Å². The summed E-state index contributed by atoms with van der Waals surface area (Å²) in [6.07, 6.45) is 8.05. The van der Waals surface area contributed by atoms with E-state index >= 15 is 0 Å². The average Bonchev–Trinajstić information content (AvgIpc) is 2.78. The number of thiocarbonyl (C=S) groups is 1. The number of hydrogen-bond donors (Lipinski definition) is 3. The number of unbranched alkanes of at least 4 members (excludes halogenated alkanes) is 1. The van der Waals surface area contributed by atoms with Crippen LogP contribution in [0.5, 0.6) is 0 Å². The van der Waals surface area contributed by atoms with Crippen molar-refractivity contribution in [2.75, 3.05) is 32.0 Å². The summed E-state index contributed by atoms with van der Waals surface area (Å²) in [5.41, 5.74) is 3.25. The van der Waals surface area contributed by atoms with Gasteiger partial charge in [-0.25, -0.2) is 9.79 Å². The molecule has 176 valence electrons. The van der Waals surface area contributed by atoms with Gasteiger partial charge in [0.25, 0.3) is 0 Å². The number of anilines is 1. The van der Waals surface area contributed by atoms with Gasteiger partial charge in [0, 0.05) is 38.6 Å². The normalized spacial score (nSPS) is 15.1. The highest BCUT2D eigenvalue weighted by Gasteiger charge is 2.21.